The SMILES string of the molecule is C=CC[C@@H](N)[C@H](CCCO)OCc1ccccc1. The second-order valence-electron chi connectivity index (χ2n) is 4.39. The van der Waals surface area contributed by atoms with Crippen molar-refractivity contribution in [1.82, 2.24) is 0 Å². The minimum absolute atomic E-state index is 0.0321. The van der Waals surface area contributed by atoms with Crippen LogP contribution in [0.15, 0.2) is 43.0 Å². The summed E-state index contributed by atoms with van der Waals surface area (Å²) in [5.74, 6) is 0. The second-order valence-corrected chi connectivity index (χ2v) is 4.39. The van der Waals surface area contributed by atoms with Crippen LogP contribution in [0.3, 0.4) is 0 Å². The van der Waals surface area contributed by atoms with Gasteiger partial charge in [0.15, 0.2) is 0 Å². The van der Waals surface area contributed by atoms with Gasteiger partial charge in [0.2, 0.25) is 0 Å². The highest BCUT2D eigenvalue weighted by molar-refractivity contribution is 5.13. The van der Waals surface area contributed by atoms with Crippen molar-refractivity contribution in [3.8, 4) is 0 Å². The van der Waals surface area contributed by atoms with Gasteiger partial charge >= 0.3 is 0 Å². The molecule has 0 saturated heterocycles. The quantitative estimate of drug-likeness (QED) is 0.660. The van der Waals surface area contributed by atoms with Crippen LogP contribution in [-0.4, -0.2) is 23.9 Å². The number of rotatable bonds is 9. The van der Waals surface area contributed by atoms with Gasteiger partial charge in [-0.25, -0.2) is 0 Å². The van der Waals surface area contributed by atoms with E-state index in [2.05, 4.69) is 6.58 Å². The van der Waals surface area contributed by atoms with Crippen LogP contribution in [0.1, 0.15) is 24.8 Å². The predicted molar refractivity (Wildman–Crippen MR) is 74.1 cm³/mol. The third-order valence-electron chi connectivity index (χ3n) is 2.87. The zero-order valence-electron chi connectivity index (χ0n) is 10.8. The van der Waals surface area contributed by atoms with Gasteiger partial charge < -0.3 is 15.6 Å². The number of aliphatic hydroxyl groups excluding tert-OH is 1. The molecular weight excluding hydrogens is 226 g/mol. The van der Waals surface area contributed by atoms with E-state index in [1.54, 1.807) is 0 Å². The van der Waals surface area contributed by atoms with Crippen molar-refractivity contribution < 1.29 is 9.84 Å². The Bertz CT molecular complexity index is 327. The van der Waals surface area contributed by atoms with Crippen molar-refractivity contribution >= 4 is 0 Å². The summed E-state index contributed by atoms with van der Waals surface area (Å²) in [5, 5.41) is 8.90. The average molecular weight is 249 g/mol. The number of benzene rings is 1. The summed E-state index contributed by atoms with van der Waals surface area (Å²) in [6, 6.07) is 9.97. The smallest absolute Gasteiger partial charge is 0.0734 e. The van der Waals surface area contributed by atoms with Crippen LogP contribution in [0.25, 0.3) is 0 Å². The lowest BCUT2D eigenvalue weighted by atomic mass is 10.0. The second kappa shape index (κ2) is 8.86. The zero-order chi connectivity index (χ0) is 13.2. The molecule has 0 saturated carbocycles. The summed E-state index contributed by atoms with van der Waals surface area (Å²) in [6.45, 7) is 4.43. The number of nitrogens with two attached hydrogens (primary N) is 1. The lowest BCUT2D eigenvalue weighted by Gasteiger charge is -2.23. The normalized spacial score (nSPS) is 14.1. The molecule has 0 spiro atoms. The van der Waals surface area contributed by atoms with Gasteiger partial charge in [-0.3, -0.25) is 0 Å². The maximum Gasteiger partial charge on any atom is 0.0734 e. The first-order chi connectivity index (χ1) is 8.77. The van der Waals surface area contributed by atoms with Gasteiger partial charge in [0.1, 0.15) is 0 Å². The molecule has 0 heterocycles. The average Bonchev–Trinajstić information content (AvgIpc) is 2.40. The van der Waals surface area contributed by atoms with Gasteiger partial charge in [-0.2, -0.15) is 0 Å². The van der Waals surface area contributed by atoms with Crippen LogP contribution >= 0.6 is 0 Å². The van der Waals surface area contributed by atoms with E-state index < -0.39 is 0 Å². The summed E-state index contributed by atoms with van der Waals surface area (Å²) < 4.78 is 5.86. The number of hydrogen-bond acceptors (Lipinski definition) is 3. The first-order valence-electron chi connectivity index (χ1n) is 6.40. The van der Waals surface area contributed by atoms with E-state index in [1.807, 2.05) is 36.4 Å². The molecule has 1 aromatic rings. The Hall–Kier alpha value is -1.16. The third kappa shape index (κ3) is 5.45. The maximum absolute atomic E-state index is 8.90. The number of ether oxygens (including phenoxy) is 1. The van der Waals surface area contributed by atoms with Crippen molar-refractivity contribution in [3.05, 3.63) is 48.6 Å². The molecule has 100 valence electrons. The molecule has 18 heavy (non-hydrogen) atoms. The van der Waals surface area contributed by atoms with Crippen molar-refractivity contribution in [1.29, 1.82) is 0 Å². The molecule has 1 rings (SSSR count). The lowest BCUT2D eigenvalue weighted by Crippen LogP contribution is -2.36. The Kier molecular flexibility index (Phi) is 7.34. The minimum Gasteiger partial charge on any atom is -0.396 e. The van der Waals surface area contributed by atoms with Crippen molar-refractivity contribution in [2.24, 2.45) is 5.73 Å². The van der Waals surface area contributed by atoms with E-state index in [9.17, 15) is 0 Å². The highest BCUT2D eigenvalue weighted by Crippen LogP contribution is 2.12. The number of hydrogen-bond donors (Lipinski definition) is 2. The summed E-state index contributed by atoms with van der Waals surface area (Å²) >= 11 is 0. The Balaban J connectivity index is 2.47. The topological polar surface area (TPSA) is 55.5 Å². The molecule has 3 N–H and O–H groups in total. The zero-order valence-corrected chi connectivity index (χ0v) is 10.8. The highest BCUT2D eigenvalue weighted by atomic mass is 16.5. The van der Waals surface area contributed by atoms with Crippen LogP contribution in [0.2, 0.25) is 0 Å². The number of aliphatic hydroxyl groups is 1. The molecule has 0 bridgehead atoms. The Morgan fingerprint density at radius 2 is 2.06 bits per heavy atom. The van der Waals surface area contributed by atoms with Gasteiger partial charge in [-0.1, -0.05) is 36.4 Å². The van der Waals surface area contributed by atoms with Crippen LogP contribution in [0.4, 0.5) is 0 Å². The largest absolute Gasteiger partial charge is 0.396 e. The lowest BCUT2D eigenvalue weighted by molar-refractivity contribution is 0.0147. The molecule has 2 atom stereocenters. The molecule has 3 heteroatoms. The Labute approximate surface area is 109 Å². The first-order valence-corrected chi connectivity index (χ1v) is 6.40. The molecule has 0 radical (unpaired) electrons. The highest BCUT2D eigenvalue weighted by Gasteiger charge is 2.16. The van der Waals surface area contributed by atoms with E-state index in [4.69, 9.17) is 15.6 Å². The molecule has 0 fully saturated rings. The van der Waals surface area contributed by atoms with Crippen LogP contribution in [-0.2, 0) is 11.3 Å². The van der Waals surface area contributed by atoms with E-state index >= 15 is 0 Å². The van der Waals surface area contributed by atoms with Gasteiger partial charge in [-0.15, -0.1) is 6.58 Å². The first kappa shape index (κ1) is 14.9. The van der Waals surface area contributed by atoms with Crippen LogP contribution < -0.4 is 5.73 Å². The molecular formula is C15H23NO2. The Morgan fingerprint density at radius 3 is 2.67 bits per heavy atom. The van der Waals surface area contributed by atoms with Gasteiger partial charge in [-0.05, 0) is 24.8 Å². The van der Waals surface area contributed by atoms with Gasteiger partial charge in [0.25, 0.3) is 0 Å². The third-order valence-corrected chi connectivity index (χ3v) is 2.87. The van der Waals surface area contributed by atoms with Crippen LogP contribution in [0.5, 0.6) is 0 Å². The fourth-order valence-electron chi connectivity index (χ4n) is 1.84. The molecule has 0 unspecified atom stereocenters. The molecule has 0 aliphatic rings. The fraction of sp³-hybridized carbons (Fsp3) is 0.467. The molecule has 0 amide bonds. The molecule has 0 aliphatic heterocycles. The van der Waals surface area contributed by atoms with E-state index in [0.29, 0.717) is 13.0 Å². The summed E-state index contributed by atoms with van der Waals surface area (Å²) in [4.78, 5) is 0. The molecule has 1 aromatic carbocycles. The Morgan fingerprint density at radius 1 is 1.33 bits per heavy atom. The van der Waals surface area contributed by atoms with Gasteiger partial charge in [0, 0.05) is 12.6 Å². The van der Waals surface area contributed by atoms with E-state index in [-0.39, 0.29) is 18.8 Å². The fourth-order valence-corrected chi connectivity index (χ4v) is 1.84. The molecule has 0 aliphatic carbocycles. The minimum atomic E-state index is -0.0576. The maximum atomic E-state index is 8.90. The monoisotopic (exact) mass is 249 g/mol. The van der Waals surface area contributed by atoms with E-state index in [1.165, 1.54) is 0 Å². The standard InChI is InChI=1S/C15H23NO2/c1-2-7-14(16)15(10-6-11-17)18-12-13-8-4-3-5-9-13/h2-5,8-9,14-15,17H,1,6-7,10-12,16H2/t14-,15+/m1/s1. The van der Waals surface area contributed by atoms with Crippen molar-refractivity contribution in [3.63, 3.8) is 0 Å². The summed E-state index contributed by atoms with van der Waals surface area (Å²) in [5.41, 5.74) is 7.19. The van der Waals surface area contributed by atoms with E-state index in [0.717, 1.165) is 18.4 Å². The molecule has 3 nitrogen and oxygen atoms in total. The van der Waals surface area contributed by atoms with Crippen molar-refractivity contribution in [2.75, 3.05) is 6.61 Å². The summed E-state index contributed by atoms with van der Waals surface area (Å²) in [7, 11) is 0. The molecule has 0 aromatic heterocycles. The van der Waals surface area contributed by atoms with Crippen molar-refractivity contribution in [2.45, 2.75) is 38.0 Å². The van der Waals surface area contributed by atoms with Gasteiger partial charge in [0.05, 0.1) is 12.7 Å². The van der Waals surface area contributed by atoms with Crippen LogP contribution in [0, 0.1) is 0 Å². The predicted octanol–water partition coefficient (Wildman–Crippen LogP) is 2.25. The summed E-state index contributed by atoms with van der Waals surface area (Å²) in [6.07, 6.45) is 3.99.